The summed E-state index contributed by atoms with van der Waals surface area (Å²) in [5, 5.41) is 5.04. The van der Waals surface area contributed by atoms with Crippen molar-refractivity contribution in [1.82, 2.24) is 10.6 Å². The molecule has 0 saturated heterocycles. The molecule has 2 amide bonds. The van der Waals surface area contributed by atoms with E-state index in [1.54, 1.807) is 27.7 Å². The Morgan fingerprint density at radius 2 is 1.74 bits per heavy atom. The highest BCUT2D eigenvalue weighted by molar-refractivity contribution is 5.86. The molecule has 0 aromatic carbocycles. The third-order valence-corrected chi connectivity index (χ3v) is 1.84. The van der Waals surface area contributed by atoms with Gasteiger partial charge in [0.05, 0.1) is 6.61 Å². The van der Waals surface area contributed by atoms with Gasteiger partial charge in [0.15, 0.2) is 0 Å². The number of carbonyl (C=O) groups excluding carboxylic acids is 3. The van der Waals surface area contributed by atoms with Gasteiger partial charge >= 0.3 is 12.1 Å². The monoisotopic (exact) mass is 274 g/mol. The maximum Gasteiger partial charge on any atom is 0.407 e. The van der Waals surface area contributed by atoms with E-state index in [4.69, 9.17) is 4.74 Å². The molecule has 2 N–H and O–H groups in total. The van der Waals surface area contributed by atoms with Crippen LogP contribution in [0, 0.1) is 0 Å². The minimum atomic E-state index is -0.984. The molecule has 110 valence electrons. The Balaban J connectivity index is 4.60. The molecule has 0 radical (unpaired) electrons. The summed E-state index contributed by atoms with van der Waals surface area (Å²) >= 11 is 0. The lowest BCUT2D eigenvalue weighted by atomic mass is 10.1. The maximum atomic E-state index is 11.9. The van der Waals surface area contributed by atoms with Crippen LogP contribution in [0.5, 0.6) is 0 Å². The van der Waals surface area contributed by atoms with Crippen LogP contribution in [-0.2, 0) is 19.1 Å². The molecule has 0 bridgehead atoms. The Kier molecular flexibility index (Phi) is 6.89. The molecule has 7 heteroatoms. The van der Waals surface area contributed by atoms with Crippen molar-refractivity contribution in [2.24, 2.45) is 0 Å². The summed E-state index contributed by atoms with van der Waals surface area (Å²) < 4.78 is 9.44. The highest BCUT2D eigenvalue weighted by Gasteiger charge is 2.25. The predicted octanol–water partition coefficient (Wildman–Crippen LogP) is 0.579. The summed E-state index contributed by atoms with van der Waals surface area (Å²) in [4.78, 5) is 34.0. The topological polar surface area (TPSA) is 93.7 Å². The maximum absolute atomic E-state index is 11.9. The summed E-state index contributed by atoms with van der Waals surface area (Å²) in [6.45, 7) is 8.23. The molecular weight excluding hydrogens is 252 g/mol. The number of hydrogen-bond donors (Lipinski definition) is 2. The van der Waals surface area contributed by atoms with Crippen LogP contribution in [-0.4, -0.2) is 42.8 Å². The largest absolute Gasteiger partial charge is 0.463 e. The van der Waals surface area contributed by atoms with E-state index in [0.717, 1.165) is 0 Å². The second kappa shape index (κ2) is 7.60. The summed E-state index contributed by atoms with van der Waals surface area (Å²) in [5.74, 6) is -0.971. The summed E-state index contributed by atoms with van der Waals surface area (Å²) in [6.07, 6.45) is -0.733. The predicted molar refractivity (Wildman–Crippen MR) is 68.5 cm³/mol. The molecule has 0 aliphatic carbocycles. The minimum absolute atomic E-state index is 0.188. The lowest BCUT2D eigenvalue weighted by Gasteiger charge is -2.25. The molecule has 0 aliphatic heterocycles. The molecular formula is C12H22N2O5. The highest BCUT2D eigenvalue weighted by atomic mass is 16.6. The van der Waals surface area contributed by atoms with E-state index < -0.39 is 29.6 Å². The van der Waals surface area contributed by atoms with E-state index in [1.807, 2.05) is 0 Å². The highest BCUT2D eigenvalue weighted by Crippen LogP contribution is 2.00. The van der Waals surface area contributed by atoms with Crippen LogP contribution in [0.4, 0.5) is 4.79 Å². The van der Waals surface area contributed by atoms with Gasteiger partial charge in [0.1, 0.15) is 12.6 Å². The minimum Gasteiger partial charge on any atom is -0.463 e. The number of esters is 1. The van der Waals surface area contributed by atoms with Gasteiger partial charge in [0.25, 0.3) is 0 Å². The Labute approximate surface area is 113 Å². The first-order chi connectivity index (χ1) is 8.65. The fraction of sp³-hybridized carbons (Fsp3) is 0.750. The van der Waals surface area contributed by atoms with Gasteiger partial charge in [-0.1, -0.05) is 0 Å². The number of rotatable bonds is 5. The third kappa shape index (κ3) is 8.87. The van der Waals surface area contributed by atoms with Crippen molar-refractivity contribution in [2.45, 2.75) is 46.2 Å². The Morgan fingerprint density at radius 1 is 1.16 bits per heavy atom. The number of carbonyl (C=O) groups is 3. The quantitative estimate of drug-likeness (QED) is 0.715. The third-order valence-electron chi connectivity index (χ3n) is 1.84. The molecule has 0 aromatic rings. The second-order valence-corrected chi connectivity index (χ2v) is 4.96. The summed E-state index contributed by atoms with van der Waals surface area (Å²) in [6, 6.07) is -0.984. The van der Waals surface area contributed by atoms with Crippen LogP contribution >= 0.6 is 0 Å². The molecule has 19 heavy (non-hydrogen) atoms. The van der Waals surface area contributed by atoms with E-state index in [0.29, 0.717) is 0 Å². The molecule has 0 heterocycles. The summed E-state index contributed by atoms with van der Waals surface area (Å²) in [7, 11) is 0. The van der Waals surface area contributed by atoms with E-state index in [-0.39, 0.29) is 13.2 Å². The molecule has 0 rings (SSSR count). The number of ether oxygens (including phenoxy) is 2. The Bertz CT molecular complexity index is 336. The van der Waals surface area contributed by atoms with Gasteiger partial charge in [-0.05, 0) is 27.7 Å². The van der Waals surface area contributed by atoms with Crippen molar-refractivity contribution in [2.75, 3.05) is 13.2 Å². The number of nitrogens with one attached hydrogen (secondary N) is 2. The Hall–Kier alpha value is -1.79. The number of hydrogen-bond acceptors (Lipinski definition) is 5. The molecule has 7 nitrogen and oxygen atoms in total. The molecule has 0 saturated carbocycles. The zero-order chi connectivity index (χ0) is 15.1. The fourth-order valence-electron chi connectivity index (χ4n) is 1.16. The van der Waals surface area contributed by atoms with Gasteiger partial charge in [-0.2, -0.15) is 0 Å². The van der Waals surface area contributed by atoms with E-state index >= 15 is 0 Å². The van der Waals surface area contributed by atoms with Gasteiger partial charge in [-0.25, -0.2) is 4.79 Å². The summed E-state index contributed by atoms with van der Waals surface area (Å²) in [5.41, 5.74) is -0.456. The molecule has 0 aliphatic rings. The standard InChI is InChI=1S/C12H22N2O5/c1-6-18-11(17)13-9(7-19-8(2)15)10(16)14-12(3,4)5/h9H,6-7H2,1-5H3,(H,13,17)(H,14,16)/t9-/m0/s1. The second-order valence-electron chi connectivity index (χ2n) is 4.96. The van der Waals surface area contributed by atoms with E-state index in [9.17, 15) is 14.4 Å². The molecule has 0 aromatic heterocycles. The fourth-order valence-corrected chi connectivity index (χ4v) is 1.16. The van der Waals surface area contributed by atoms with Gasteiger partial charge in [-0.15, -0.1) is 0 Å². The average molecular weight is 274 g/mol. The van der Waals surface area contributed by atoms with Crippen LogP contribution in [0.1, 0.15) is 34.6 Å². The molecule has 0 unspecified atom stereocenters. The van der Waals surface area contributed by atoms with Crippen LogP contribution in [0.2, 0.25) is 0 Å². The first-order valence-electron chi connectivity index (χ1n) is 6.04. The van der Waals surface area contributed by atoms with Crippen LogP contribution in [0.25, 0.3) is 0 Å². The van der Waals surface area contributed by atoms with Gasteiger partial charge in [-0.3, -0.25) is 9.59 Å². The van der Waals surface area contributed by atoms with Crippen molar-refractivity contribution >= 4 is 18.0 Å². The van der Waals surface area contributed by atoms with E-state index in [1.165, 1.54) is 6.92 Å². The zero-order valence-corrected chi connectivity index (χ0v) is 12.0. The first-order valence-corrected chi connectivity index (χ1v) is 6.04. The van der Waals surface area contributed by atoms with Crippen LogP contribution < -0.4 is 10.6 Å². The van der Waals surface area contributed by atoms with Gasteiger partial charge in [0, 0.05) is 12.5 Å². The lowest BCUT2D eigenvalue weighted by molar-refractivity contribution is -0.143. The van der Waals surface area contributed by atoms with Crippen molar-refractivity contribution in [3.63, 3.8) is 0 Å². The van der Waals surface area contributed by atoms with Crippen molar-refractivity contribution in [3.05, 3.63) is 0 Å². The smallest absolute Gasteiger partial charge is 0.407 e. The zero-order valence-electron chi connectivity index (χ0n) is 12.0. The van der Waals surface area contributed by atoms with Gasteiger partial charge < -0.3 is 20.1 Å². The molecule has 0 spiro atoms. The Morgan fingerprint density at radius 3 is 2.16 bits per heavy atom. The van der Waals surface area contributed by atoms with Crippen molar-refractivity contribution in [1.29, 1.82) is 0 Å². The lowest BCUT2D eigenvalue weighted by Crippen LogP contribution is -2.54. The van der Waals surface area contributed by atoms with Crippen LogP contribution in [0.15, 0.2) is 0 Å². The molecule has 1 atom stereocenters. The van der Waals surface area contributed by atoms with E-state index in [2.05, 4.69) is 15.4 Å². The first kappa shape index (κ1) is 17.2. The van der Waals surface area contributed by atoms with Crippen LogP contribution in [0.3, 0.4) is 0 Å². The van der Waals surface area contributed by atoms with Gasteiger partial charge in [0.2, 0.25) is 5.91 Å². The SMILES string of the molecule is CCOC(=O)N[C@@H](COC(C)=O)C(=O)NC(C)(C)C. The number of amides is 2. The molecule has 0 fully saturated rings. The number of alkyl carbamates (subject to hydrolysis) is 1. The van der Waals surface area contributed by atoms with Crippen molar-refractivity contribution < 1.29 is 23.9 Å². The van der Waals surface area contributed by atoms with Crippen molar-refractivity contribution in [3.8, 4) is 0 Å². The average Bonchev–Trinajstić information content (AvgIpc) is 2.21. The normalized spacial score (nSPS) is 12.3.